The molecule has 0 bridgehead atoms. The maximum atomic E-state index is 11.0. The molecule has 0 atom stereocenters. The zero-order valence-corrected chi connectivity index (χ0v) is 9.11. The number of rotatable bonds is 5. The van der Waals surface area contributed by atoms with Crippen molar-refractivity contribution in [1.29, 1.82) is 0 Å². The van der Waals surface area contributed by atoms with Crippen LogP contribution in [0.5, 0.6) is 0 Å². The highest BCUT2D eigenvalue weighted by atomic mass is 32.2. The predicted molar refractivity (Wildman–Crippen MR) is 59.0 cm³/mol. The predicted octanol–water partition coefficient (Wildman–Crippen LogP) is 1.82. The highest BCUT2D eigenvalue weighted by Gasteiger charge is 2.06. The van der Waals surface area contributed by atoms with Crippen molar-refractivity contribution < 1.29 is 8.42 Å². The molecule has 0 N–H and O–H groups in total. The summed E-state index contributed by atoms with van der Waals surface area (Å²) in [7, 11) is -2.52. The van der Waals surface area contributed by atoms with Crippen molar-refractivity contribution >= 4 is 16.6 Å². The van der Waals surface area contributed by atoms with Gasteiger partial charge in [-0.3, -0.25) is 4.31 Å². The zero-order chi connectivity index (χ0) is 10.4. The molecular weight excluding hydrogens is 198 g/mol. The van der Waals surface area contributed by atoms with E-state index in [2.05, 4.69) is 0 Å². The highest BCUT2D eigenvalue weighted by Crippen LogP contribution is 2.13. The lowest BCUT2D eigenvalue weighted by Crippen LogP contribution is -2.22. The molecule has 0 fully saturated rings. The minimum Gasteiger partial charge on any atom is -0.272 e. The molecule has 4 heteroatoms. The number of unbranched alkanes of at least 4 members (excludes halogenated alkanes) is 1. The van der Waals surface area contributed by atoms with Crippen LogP contribution in [0, 0.1) is 0 Å². The first kappa shape index (κ1) is 11.0. The summed E-state index contributed by atoms with van der Waals surface area (Å²) >= 11 is 0. The van der Waals surface area contributed by atoms with Crippen molar-refractivity contribution in [2.45, 2.75) is 19.8 Å². The minimum absolute atomic E-state index is 0.569. The Hall–Kier alpha value is -1.03. The first-order valence-corrected chi connectivity index (χ1v) is 5.85. The van der Waals surface area contributed by atoms with E-state index in [0.717, 1.165) is 18.5 Å². The summed E-state index contributed by atoms with van der Waals surface area (Å²) in [6.45, 7) is 2.61. The van der Waals surface area contributed by atoms with E-state index in [1.165, 1.54) is 4.31 Å². The van der Waals surface area contributed by atoms with E-state index in [0.29, 0.717) is 6.54 Å². The summed E-state index contributed by atoms with van der Waals surface area (Å²) < 4.78 is 23.4. The van der Waals surface area contributed by atoms with Crippen LogP contribution >= 0.6 is 0 Å². The van der Waals surface area contributed by atoms with Crippen LogP contribution in [0.2, 0.25) is 0 Å². The molecule has 0 spiro atoms. The topological polar surface area (TPSA) is 37.4 Å². The second-order valence-corrected chi connectivity index (χ2v) is 4.01. The van der Waals surface area contributed by atoms with E-state index < -0.39 is 10.9 Å². The third-order valence-corrected chi connectivity index (χ3v) is 2.80. The summed E-state index contributed by atoms with van der Waals surface area (Å²) in [6.07, 6.45) is 1.88. The van der Waals surface area contributed by atoms with Crippen LogP contribution in [0.25, 0.3) is 0 Å². The average molecular weight is 213 g/mol. The lowest BCUT2D eigenvalue weighted by Gasteiger charge is -2.16. The maximum Gasteiger partial charge on any atom is 0.225 e. The van der Waals surface area contributed by atoms with Gasteiger partial charge in [-0.25, -0.2) is 8.42 Å². The third-order valence-electron chi connectivity index (χ3n) is 1.97. The van der Waals surface area contributed by atoms with Crippen molar-refractivity contribution in [3.8, 4) is 0 Å². The summed E-state index contributed by atoms with van der Waals surface area (Å²) in [5.74, 6) is 0. The van der Waals surface area contributed by atoms with E-state index in [-0.39, 0.29) is 0 Å². The van der Waals surface area contributed by atoms with Gasteiger partial charge in [-0.15, -0.1) is 0 Å². The van der Waals surface area contributed by atoms with Gasteiger partial charge in [0, 0.05) is 6.54 Å². The molecule has 3 nitrogen and oxygen atoms in total. The molecule has 14 heavy (non-hydrogen) atoms. The lowest BCUT2D eigenvalue weighted by atomic mass is 10.3. The Morgan fingerprint density at radius 3 is 2.36 bits per heavy atom. The maximum absolute atomic E-state index is 11.0. The Morgan fingerprint density at radius 2 is 1.86 bits per heavy atom. The fourth-order valence-corrected chi connectivity index (χ4v) is 1.84. The molecule has 0 aliphatic carbocycles. The molecular formula is C10H15NO2S. The number of hydrogen-bond acceptors (Lipinski definition) is 2. The van der Waals surface area contributed by atoms with Crippen molar-refractivity contribution in [3.05, 3.63) is 30.3 Å². The minimum atomic E-state index is -2.52. The second kappa shape index (κ2) is 5.65. The van der Waals surface area contributed by atoms with Gasteiger partial charge >= 0.3 is 0 Å². The van der Waals surface area contributed by atoms with Crippen molar-refractivity contribution in [2.24, 2.45) is 0 Å². The number of para-hydroxylation sites is 1. The molecule has 0 aliphatic heterocycles. The lowest BCUT2D eigenvalue weighted by molar-refractivity contribution is 0.607. The summed E-state index contributed by atoms with van der Waals surface area (Å²) in [6, 6.07) is 9.17. The molecule has 0 unspecified atom stereocenters. The Balaban J connectivity index is 2.78. The van der Waals surface area contributed by atoms with Crippen LogP contribution in [0.15, 0.2) is 30.3 Å². The summed E-state index contributed by atoms with van der Waals surface area (Å²) in [4.78, 5) is 0. The normalized spacial score (nSPS) is 10.4. The largest absolute Gasteiger partial charge is 0.272 e. The third kappa shape index (κ3) is 3.03. The summed E-state index contributed by atoms with van der Waals surface area (Å²) in [5.41, 5.74) is 0.747. The van der Waals surface area contributed by atoms with Crippen LogP contribution in [-0.4, -0.2) is 15.0 Å². The van der Waals surface area contributed by atoms with Crippen molar-refractivity contribution in [2.75, 3.05) is 10.8 Å². The van der Waals surface area contributed by atoms with E-state index in [1.807, 2.05) is 25.1 Å². The molecule has 0 saturated carbocycles. The Morgan fingerprint density at radius 1 is 1.21 bits per heavy atom. The SMILES string of the molecule is CCCCN(c1ccccc1)[SH](=O)=O. The summed E-state index contributed by atoms with van der Waals surface area (Å²) in [5, 5.41) is 0. The first-order chi connectivity index (χ1) is 6.75. The first-order valence-electron chi connectivity index (χ1n) is 4.72. The molecule has 0 aliphatic rings. The van der Waals surface area contributed by atoms with Crippen LogP contribution in [0.1, 0.15) is 19.8 Å². The van der Waals surface area contributed by atoms with Gasteiger partial charge < -0.3 is 0 Å². The Labute approximate surface area is 86.4 Å². The van der Waals surface area contributed by atoms with Gasteiger partial charge in [-0.05, 0) is 18.6 Å². The van der Waals surface area contributed by atoms with Crippen molar-refractivity contribution in [3.63, 3.8) is 0 Å². The molecule has 78 valence electrons. The highest BCUT2D eigenvalue weighted by molar-refractivity contribution is 7.74. The molecule has 0 saturated heterocycles. The quantitative estimate of drug-likeness (QED) is 0.757. The van der Waals surface area contributed by atoms with E-state index in [1.54, 1.807) is 12.1 Å². The Kier molecular flexibility index (Phi) is 4.46. The number of hydrogen-bond donors (Lipinski definition) is 1. The molecule has 1 rings (SSSR count). The van der Waals surface area contributed by atoms with Gasteiger partial charge in [0.15, 0.2) is 0 Å². The van der Waals surface area contributed by atoms with Gasteiger partial charge in [0.1, 0.15) is 0 Å². The van der Waals surface area contributed by atoms with Gasteiger partial charge in [0.2, 0.25) is 10.9 Å². The fourth-order valence-electron chi connectivity index (χ4n) is 1.21. The van der Waals surface area contributed by atoms with E-state index in [4.69, 9.17) is 0 Å². The smallest absolute Gasteiger partial charge is 0.225 e. The van der Waals surface area contributed by atoms with Gasteiger partial charge in [0.25, 0.3) is 0 Å². The van der Waals surface area contributed by atoms with Crippen LogP contribution in [0.4, 0.5) is 5.69 Å². The van der Waals surface area contributed by atoms with Crippen molar-refractivity contribution in [1.82, 2.24) is 0 Å². The number of benzene rings is 1. The average Bonchev–Trinajstić information content (AvgIpc) is 2.19. The monoisotopic (exact) mass is 213 g/mol. The second-order valence-electron chi connectivity index (χ2n) is 3.05. The van der Waals surface area contributed by atoms with Gasteiger partial charge in [-0.2, -0.15) is 0 Å². The van der Waals surface area contributed by atoms with Gasteiger partial charge in [0.05, 0.1) is 5.69 Å². The number of thiol groups is 1. The zero-order valence-electron chi connectivity index (χ0n) is 8.22. The Bertz CT molecular complexity index is 327. The molecule has 0 radical (unpaired) electrons. The van der Waals surface area contributed by atoms with E-state index >= 15 is 0 Å². The number of anilines is 1. The fraction of sp³-hybridized carbons (Fsp3) is 0.400. The standard InChI is InChI=1S/C10H15NO2S/c1-2-3-9-11(14(12)13)10-7-5-4-6-8-10/h4-8,14H,2-3,9H2,1H3. The van der Waals surface area contributed by atoms with Crippen LogP contribution in [0.3, 0.4) is 0 Å². The van der Waals surface area contributed by atoms with Crippen LogP contribution in [-0.2, 0) is 10.9 Å². The molecule has 0 heterocycles. The van der Waals surface area contributed by atoms with Crippen LogP contribution < -0.4 is 4.31 Å². The van der Waals surface area contributed by atoms with Gasteiger partial charge in [-0.1, -0.05) is 31.5 Å². The number of nitrogens with zero attached hydrogens (tertiary/aromatic N) is 1. The molecule has 0 aromatic heterocycles. The molecule has 1 aromatic rings. The molecule has 0 amide bonds. The van der Waals surface area contributed by atoms with E-state index in [9.17, 15) is 8.42 Å². The molecule has 1 aromatic carbocycles.